The zero-order chi connectivity index (χ0) is 20.8. The van der Waals surface area contributed by atoms with Gasteiger partial charge in [-0.1, -0.05) is 60.4 Å². The number of hydrogen-bond acceptors (Lipinski definition) is 3. The van der Waals surface area contributed by atoms with E-state index in [1.54, 1.807) is 11.8 Å². The predicted octanol–water partition coefficient (Wildman–Crippen LogP) is 6.06. The Balaban J connectivity index is 1.46. The molecule has 0 N–H and O–H groups in total. The SMILES string of the molecule is CN(C)Cc1ccc([C@H]2CC[C@H](N(C)C(=S)SCc3ccc(F)cc3)CC2)cc1. The van der Waals surface area contributed by atoms with Gasteiger partial charge in [-0.3, -0.25) is 0 Å². The van der Waals surface area contributed by atoms with Gasteiger partial charge in [0.05, 0.1) is 0 Å². The molecule has 0 spiro atoms. The van der Waals surface area contributed by atoms with Crippen molar-refractivity contribution in [1.29, 1.82) is 0 Å². The fourth-order valence-electron chi connectivity index (χ4n) is 4.03. The Morgan fingerprint density at radius 3 is 2.10 bits per heavy atom. The Hall–Kier alpha value is -1.43. The highest BCUT2D eigenvalue weighted by Gasteiger charge is 2.26. The molecule has 0 amide bonds. The van der Waals surface area contributed by atoms with Gasteiger partial charge in [0.25, 0.3) is 0 Å². The zero-order valence-electron chi connectivity index (χ0n) is 17.6. The molecule has 1 saturated carbocycles. The first-order chi connectivity index (χ1) is 13.9. The van der Waals surface area contributed by atoms with E-state index in [9.17, 15) is 4.39 Å². The molecule has 0 aliphatic heterocycles. The maximum absolute atomic E-state index is 13.0. The van der Waals surface area contributed by atoms with Gasteiger partial charge < -0.3 is 9.80 Å². The van der Waals surface area contributed by atoms with Gasteiger partial charge in [0.2, 0.25) is 0 Å². The van der Waals surface area contributed by atoms with Crippen molar-refractivity contribution in [2.45, 2.75) is 49.9 Å². The Kier molecular flexibility index (Phi) is 8.10. The smallest absolute Gasteiger partial charge is 0.136 e. The number of rotatable bonds is 6. The van der Waals surface area contributed by atoms with Crippen LogP contribution in [0.1, 0.15) is 48.3 Å². The normalized spacial score (nSPS) is 19.3. The summed E-state index contributed by atoms with van der Waals surface area (Å²) in [4.78, 5) is 4.48. The number of nitrogens with zero attached hydrogens (tertiary/aromatic N) is 2. The molecule has 2 aromatic carbocycles. The summed E-state index contributed by atoms with van der Waals surface area (Å²) >= 11 is 7.34. The quantitative estimate of drug-likeness (QED) is 0.513. The molecule has 0 heterocycles. The van der Waals surface area contributed by atoms with Crippen LogP contribution in [0.3, 0.4) is 0 Å². The van der Waals surface area contributed by atoms with E-state index in [-0.39, 0.29) is 5.82 Å². The first kappa shape index (κ1) is 22.3. The van der Waals surface area contributed by atoms with E-state index in [1.165, 1.54) is 48.9 Å². The van der Waals surface area contributed by atoms with E-state index >= 15 is 0 Å². The zero-order valence-corrected chi connectivity index (χ0v) is 19.2. The van der Waals surface area contributed by atoms with Crippen molar-refractivity contribution in [3.8, 4) is 0 Å². The van der Waals surface area contributed by atoms with Crippen LogP contribution in [0.25, 0.3) is 0 Å². The van der Waals surface area contributed by atoms with Crippen molar-refractivity contribution in [2.24, 2.45) is 0 Å². The molecule has 29 heavy (non-hydrogen) atoms. The van der Waals surface area contributed by atoms with E-state index in [4.69, 9.17) is 12.2 Å². The highest BCUT2D eigenvalue weighted by Crippen LogP contribution is 2.35. The second kappa shape index (κ2) is 10.6. The summed E-state index contributed by atoms with van der Waals surface area (Å²) in [5.74, 6) is 1.26. The van der Waals surface area contributed by atoms with Crippen LogP contribution >= 0.6 is 24.0 Å². The second-order valence-corrected chi connectivity index (χ2v) is 9.89. The van der Waals surface area contributed by atoms with Crippen molar-refractivity contribution in [3.63, 3.8) is 0 Å². The van der Waals surface area contributed by atoms with Crippen molar-refractivity contribution < 1.29 is 4.39 Å². The van der Waals surface area contributed by atoms with Crippen LogP contribution in [-0.2, 0) is 12.3 Å². The minimum Gasteiger partial charge on any atom is -0.358 e. The molecule has 3 rings (SSSR count). The molecular weight excluding hydrogens is 399 g/mol. The van der Waals surface area contributed by atoms with E-state index < -0.39 is 0 Å². The van der Waals surface area contributed by atoms with Gasteiger partial charge in [0.15, 0.2) is 0 Å². The molecule has 2 nitrogen and oxygen atoms in total. The molecule has 1 aliphatic rings. The third kappa shape index (κ3) is 6.53. The number of benzene rings is 2. The van der Waals surface area contributed by atoms with Gasteiger partial charge in [0.1, 0.15) is 10.1 Å². The third-order valence-electron chi connectivity index (χ3n) is 5.76. The summed E-state index contributed by atoms with van der Waals surface area (Å²) in [5, 5.41) is 0. The molecule has 0 bridgehead atoms. The number of thiocarbonyl (C=S) groups is 1. The van der Waals surface area contributed by atoms with Crippen LogP contribution in [0.5, 0.6) is 0 Å². The maximum atomic E-state index is 13.0. The molecule has 156 valence electrons. The lowest BCUT2D eigenvalue weighted by Gasteiger charge is -2.36. The molecule has 0 unspecified atom stereocenters. The second-order valence-electron chi connectivity index (χ2n) is 8.28. The first-order valence-electron chi connectivity index (χ1n) is 10.3. The van der Waals surface area contributed by atoms with E-state index in [0.29, 0.717) is 12.0 Å². The van der Waals surface area contributed by atoms with Gasteiger partial charge in [-0.15, -0.1) is 0 Å². The lowest BCUT2D eigenvalue weighted by molar-refractivity contribution is 0.267. The van der Waals surface area contributed by atoms with Gasteiger partial charge in [-0.2, -0.15) is 0 Å². The molecule has 1 aliphatic carbocycles. The Morgan fingerprint density at radius 1 is 0.931 bits per heavy atom. The lowest BCUT2D eigenvalue weighted by Crippen LogP contribution is -2.37. The average molecular weight is 431 g/mol. The summed E-state index contributed by atoms with van der Waals surface area (Å²) in [7, 11) is 6.34. The summed E-state index contributed by atoms with van der Waals surface area (Å²) in [6.07, 6.45) is 4.79. The fraction of sp³-hybridized carbons (Fsp3) is 0.458. The molecule has 0 aromatic heterocycles. The first-order valence-corrected chi connectivity index (χ1v) is 11.7. The number of hydrogen-bond donors (Lipinski definition) is 0. The molecule has 1 fully saturated rings. The Bertz CT molecular complexity index is 782. The molecular formula is C24H31FN2S2. The third-order valence-corrected chi connectivity index (χ3v) is 7.41. The van der Waals surface area contributed by atoms with Crippen LogP contribution in [-0.4, -0.2) is 41.3 Å². The van der Waals surface area contributed by atoms with Gasteiger partial charge >= 0.3 is 0 Å². The molecule has 0 radical (unpaired) electrons. The van der Waals surface area contributed by atoms with Gasteiger partial charge in [-0.25, -0.2) is 4.39 Å². The topological polar surface area (TPSA) is 6.48 Å². The van der Waals surface area contributed by atoms with Crippen molar-refractivity contribution in [2.75, 3.05) is 21.1 Å². The highest BCUT2D eigenvalue weighted by atomic mass is 32.2. The minimum atomic E-state index is -0.192. The predicted molar refractivity (Wildman–Crippen MR) is 127 cm³/mol. The van der Waals surface area contributed by atoms with Crippen LogP contribution in [0.4, 0.5) is 4.39 Å². The molecule has 0 atom stereocenters. The van der Waals surface area contributed by atoms with Gasteiger partial charge in [-0.05, 0) is 74.5 Å². The van der Waals surface area contributed by atoms with Crippen LogP contribution in [0.15, 0.2) is 48.5 Å². The largest absolute Gasteiger partial charge is 0.358 e. The Labute approximate surface area is 184 Å². The summed E-state index contributed by atoms with van der Waals surface area (Å²) < 4.78 is 14.0. The van der Waals surface area contributed by atoms with Crippen LogP contribution in [0, 0.1) is 5.82 Å². The van der Waals surface area contributed by atoms with Crippen LogP contribution in [0.2, 0.25) is 0 Å². The summed E-state index contributed by atoms with van der Waals surface area (Å²) in [6.45, 7) is 0.991. The number of thioether (sulfide) groups is 1. The van der Waals surface area contributed by atoms with E-state index in [0.717, 1.165) is 22.2 Å². The maximum Gasteiger partial charge on any atom is 0.136 e. The fourth-order valence-corrected chi connectivity index (χ4v) is 5.19. The molecule has 0 saturated heterocycles. The van der Waals surface area contributed by atoms with E-state index in [1.807, 2.05) is 12.1 Å². The van der Waals surface area contributed by atoms with Crippen molar-refractivity contribution in [1.82, 2.24) is 9.80 Å². The molecule has 2 aromatic rings. The van der Waals surface area contributed by atoms with E-state index in [2.05, 4.69) is 55.2 Å². The van der Waals surface area contributed by atoms with Crippen molar-refractivity contribution >= 4 is 28.3 Å². The lowest BCUT2D eigenvalue weighted by atomic mass is 9.81. The highest BCUT2D eigenvalue weighted by molar-refractivity contribution is 8.22. The minimum absolute atomic E-state index is 0.192. The monoisotopic (exact) mass is 430 g/mol. The summed E-state index contributed by atoms with van der Waals surface area (Å²) in [6, 6.07) is 16.4. The molecule has 5 heteroatoms. The van der Waals surface area contributed by atoms with Crippen LogP contribution < -0.4 is 0 Å². The number of halogens is 1. The van der Waals surface area contributed by atoms with Crippen molar-refractivity contribution in [3.05, 3.63) is 71.0 Å². The standard InChI is InChI=1S/C24H31FN2S2/c1-26(2)16-18-4-8-20(9-5-18)21-10-14-23(15-11-21)27(3)24(28)29-17-19-6-12-22(25)13-7-19/h4-9,12-13,21,23H,10-11,14-17H2,1-3H3/t21-,23-. The Morgan fingerprint density at radius 2 is 1.52 bits per heavy atom. The van der Waals surface area contributed by atoms with Gasteiger partial charge in [0, 0.05) is 25.4 Å². The summed E-state index contributed by atoms with van der Waals surface area (Å²) in [5.41, 5.74) is 3.95. The average Bonchev–Trinajstić information content (AvgIpc) is 2.73.